The standard InChI is InChI=1S/C17H31N/c1-4-15(5-2)16(18-3)17-9-12-6-13(10-17)8-14(7-12)11-17/h12-16,18H,4-11H2,1-3H3. The van der Waals surface area contributed by atoms with Gasteiger partial charge in [-0.2, -0.15) is 0 Å². The van der Waals surface area contributed by atoms with Crippen LogP contribution in [-0.4, -0.2) is 13.1 Å². The van der Waals surface area contributed by atoms with Crippen molar-refractivity contribution in [1.29, 1.82) is 0 Å². The first-order valence-electron chi connectivity index (χ1n) is 8.38. The predicted molar refractivity (Wildman–Crippen MR) is 77.5 cm³/mol. The SMILES string of the molecule is CCC(CC)C(NC)C12CC3CC(CC(C3)C1)C2. The molecular formula is C17H31N. The summed E-state index contributed by atoms with van der Waals surface area (Å²) in [5, 5.41) is 3.76. The van der Waals surface area contributed by atoms with Crippen LogP contribution in [0.4, 0.5) is 0 Å². The fourth-order valence-corrected chi connectivity index (χ4v) is 6.36. The predicted octanol–water partition coefficient (Wildman–Crippen LogP) is 4.23. The average molecular weight is 249 g/mol. The molecule has 0 aliphatic heterocycles. The average Bonchev–Trinajstić information content (AvgIpc) is 2.33. The van der Waals surface area contributed by atoms with E-state index < -0.39 is 0 Å². The fraction of sp³-hybridized carbons (Fsp3) is 1.00. The Morgan fingerprint density at radius 2 is 1.39 bits per heavy atom. The van der Waals surface area contributed by atoms with Gasteiger partial charge in [0, 0.05) is 6.04 Å². The van der Waals surface area contributed by atoms with E-state index in [2.05, 4.69) is 26.2 Å². The molecule has 4 fully saturated rings. The van der Waals surface area contributed by atoms with Crippen LogP contribution in [0.15, 0.2) is 0 Å². The van der Waals surface area contributed by atoms with Crippen LogP contribution in [0, 0.1) is 29.1 Å². The van der Waals surface area contributed by atoms with Gasteiger partial charge in [0.1, 0.15) is 0 Å². The molecule has 0 aromatic rings. The highest BCUT2D eigenvalue weighted by atomic mass is 14.9. The molecule has 4 rings (SSSR count). The third-order valence-corrected chi connectivity index (χ3v) is 6.58. The summed E-state index contributed by atoms with van der Waals surface area (Å²) >= 11 is 0. The molecule has 1 unspecified atom stereocenters. The largest absolute Gasteiger partial charge is 0.316 e. The molecule has 1 nitrogen and oxygen atoms in total. The summed E-state index contributed by atoms with van der Waals surface area (Å²) in [6.07, 6.45) is 12.0. The van der Waals surface area contributed by atoms with Crippen LogP contribution in [0.3, 0.4) is 0 Å². The van der Waals surface area contributed by atoms with Crippen LogP contribution in [-0.2, 0) is 0 Å². The summed E-state index contributed by atoms with van der Waals surface area (Å²) in [6, 6.07) is 0.792. The van der Waals surface area contributed by atoms with E-state index in [9.17, 15) is 0 Å². The van der Waals surface area contributed by atoms with Crippen molar-refractivity contribution >= 4 is 0 Å². The van der Waals surface area contributed by atoms with Crippen molar-refractivity contribution in [3.8, 4) is 0 Å². The van der Waals surface area contributed by atoms with E-state index in [0.29, 0.717) is 5.41 Å². The molecule has 4 saturated carbocycles. The normalized spacial score (nSPS) is 43.7. The summed E-state index contributed by atoms with van der Waals surface area (Å²) in [6.45, 7) is 4.78. The van der Waals surface area contributed by atoms with E-state index in [0.717, 1.165) is 29.7 Å². The minimum atomic E-state index is 0.681. The van der Waals surface area contributed by atoms with Gasteiger partial charge >= 0.3 is 0 Å². The van der Waals surface area contributed by atoms with Crippen molar-refractivity contribution in [1.82, 2.24) is 5.32 Å². The third-order valence-electron chi connectivity index (χ3n) is 6.58. The number of hydrogen-bond acceptors (Lipinski definition) is 1. The second-order valence-corrected chi connectivity index (χ2v) is 7.62. The lowest BCUT2D eigenvalue weighted by Gasteiger charge is -2.60. The van der Waals surface area contributed by atoms with Gasteiger partial charge < -0.3 is 5.32 Å². The van der Waals surface area contributed by atoms with Gasteiger partial charge in [-0.1, -0.05) is 26.7 Å². The zero-order chi connectivity index (χ0) is 12.8. The molecule has 0 amide bonds. The summed E-state index contributed by atoms with van der Waals surface area (Å²) in [5.41, 5.74) is 0.681. The minimum Gasteiger partial charge on any atom is -0.316 e. The summed E-state index contributed by atoms with van der Waals surface area (Å²) in [4.78, 5) is 0. The highest BCUT2D eigenvalue weighted by Crippen LogP contribution is 2.62. The van der Waals surface area contributed by atoms with Gasteiger partial charge in [-0.25, -0.2) is 0 Å². The molecular weight excluding hydrogens is 218 g/mol. The Kier molecular flexibility index (Phi) is 3.47. The van der Waals surface area contributed by atoms with Crippen molar-refractivity contribution in [2.75, 3.05) is 7.05 Å². The Morgan fingerprint density at radius 1 is 0.944 bits per heavy atom. The van der Waals surface area contributed by atoms with Crippen LogP contribution in [0.2, 0.25) is 0 Å². The first kappa shape index (κ1) is 13.0. The Hall–Kier alpha value is -0.0400. The zero-order valence-electron chi connectivity index (χ0n) is 12.5. The van der Waals surface area contributed by atoms with E-state index in [-0.39, 0.29) is 0 Å². The molecule has 1 atom stereocenters. The van der Waals surface area contributed by atoms with Gasteiger partial charge in [0.15, 0.2) is 0 Å². The molecule has 0 spiro atoms. The molecule has 0 saturated heterocycles. The van der Waals surface area contributed by atoms with E-state index in [1.54, 1.807) is 38.5 Å². The maximum Gasteiger partial charge on any atom is 0.0149 e. The highest BCUT2D eigenvalue weighted by molar-refractivity contribution is 5.07. The smallest absolute Gasteiger partial charge is 0.0149 e. The third kappa shape index (κ3) is 1.94. The molecule has 4 aliphatic rings. The Bertz CT molecular complexity index is 257. The van der Waals surface area contributed by atoms with Gasteiger partial charge in [0.25, 0.3) is 0 Å². The van der Waals surface area contributed by atoms with E-state index in [4.69, 9.17) is 0 Å². The summed E-state index contributed by atoms with van der Waals surface area (Å²) in [5.74, 6) is 4.15. The monoisotopic (exact) mass is 249 g/mol. The van der Waals surface area contributed by atoms with Gasteiger partial charge in [-0.05, 0) is 74.7 Å². The molecule has 0 heterocycles. The van der Waals surface area contributed by atoms with Gasteiger partial charge in [-0.3, -0.25) is 0 Å². The molecule has 1 N–H and O–H groups in total. The van der Waals surface area contributed by atoms with E-state index >= 15 is 0 Å². The molecule has 4 aliphatic carbocycles. The molecule has 4 bridgehead atoms. The van der Waals surface area contributed by atoms with Crippen molar-refractivity contribution < 1.29 is 0 Å². The first-order chi connectivity index (χ1) is 8.70. The van der Waals surface area contributed by atoms with Gasteiger partial charge in [0.05, 0.1) is 0 Å². The quantitative estimate of drug-likeness (QED) is 0.769. The van der Waals surface area contributed by atoms with Crippen LogP contribution in [0.5, 0.6) is 0 Å². The number of hydrogen-bond donors (Lipinski definition) is 1. The maximum atomic E-state index is 3.76. The van der Waals surface area contributed by atoms with Crippen LogP contribution in [0.25, 0.3) is 0 Å². The Balaban J connectivity index is 1.84. The lowest BCUT2D eigenvalue weighted by Crippen LogP contribution is -2.57. The molecule has 0 aromatic heterocycles. The molecule has 0 radical (unpaired) electrons. The second-order valence-electron chi connectivity index (χ2n) is 7.62. The minimum absolute atomic E-state index is 0.681. The number of rotatable bonds is 5. The zero-order valence-corrected chi connectivity index (χ0v) is 12.5. The second kappa shape index (κ2) is 4.81. The fourth-order valence-electron chi connectivity index (χ4n) is 6.36. The van der Waals surface area contributed by atoms with Crippen molar-refractivity contribution in [2.45, 2.75) is 71.3 Å². The Morgan fingerprint density at radius 3 is 1.72 bits per heavy atom. The van der Waals surface area contributed by atoms with Crippen molar-refractivity contribution in [3.05, 3.63) is 0 Å². The van der Waals surface area contributed by atoms with Crippen LogP contribution < -0.4 is 5.32 Å². The maximum absolute atomic E-state index is 3.76. The number of nitrogens with one attached hydrogen (secondary N) is 1. The van der Waals surface area contributed by atoms with Crippen molar-refractivity contribution in [2.24, 2.45) is 29.1 Å². The molecule has 104 valence electrons. The Labute approximate surface area is 113 Å². The lowest BCUT2D eigenvalue weighted by atomic mass is 9.46. The van der Waals surface area contributed by atoms with Crippen LogP contribution >= 0.6 is 0 Å². The van der Waals surface area contributed by atoms with Crippen LogP contribution in [0.1, 0.15) is 65.2 Å². The molecule has 1 heteroatoms. The summed E-state index contributed by atoms with van der Waals surface area (Å²) in [7, 11) is 2.22. The van der Waals surface area contributed by atoms with Gasteiger partial charge in [0.2, 0.25) is 0 Å². The topological polar surface area (TPSA) is 12.0 Å². The summed E-state index contributed by atoms with van der Waals surface area (Å²) < 4.78 is 0. The lowest BCUT2D eigenvalue weighted by molar-refractivity contribution is -0.0842. The molecule has 0 aromatic carbocycles. The van der Waals surface area contributed by atoms with Crippen molar-refractivity contribution in [3.63, 3.8) is 0 Å². The van der Waals surface area contributed by atoms with E-state index in [1.165, 1.54) is 12.8 Å². The highest BCUT2D eigenvalue weighted by Gasteiger charge is 2.54. The first-order valence-corrected chi connectivity index (χ1v) is 8.38. The van der Waals surface area contributed by atoms with Gasteiger partial charge in [-0.15, -0.1) is 0 Å². The van der Waals surface area contributed by atoms with E-state index in [1.807, 2.05) is 0 Å². The molecule has 18 heavy (non-hydrogen) atoms.